The van der Waals surface area contributed by atoms with Gasteiger partial charge in [0.25, 0.3) is 0 Å². The lowest BCUT2D eigenvalue weighted by atomic mass is 9.71. The largest absolute Gasteiger partial charge is 0.303 e. The minimum absolute atomic E-state index is 0.691. The van der Waals surface area contributed by atoms with Crippen molar-refractivity contribution in [3.8, 4) is 0 Å². The summed E-state index contributed by atoms with van der Waals surface area (Å²) in [5.74, 6) is 0.960. The van der Waals surface area contributed by atoms with Crippen LogP contribution in [0.3, 0.4) is 0 Å². The summed E-state index contributed by atoms with van der Waals surface area (Å²) in [7, 11) is 0. The van der Waals surface area contributed by atoms with Crippen LogP contribution >= 0.6 is 0 Å². The van der Waals surface area contributed by atoms with Gasteiger partial charge in [0, 0.05) is 12.6 Å². The Morgan fingerprint density at radius 2 is 1.17 bits per heavy atom. The van der Waals surface area contributed by atoms with Crippen LogP contribution in [0.1, 0.15) is 130 Å². The molecular weight excluding hydrogens is 364 g/mol. The van der Waals surface area contributed by atoms with Gasteiger partial charge < -0.3 is 9.80 Å². The number of piperidine rings is 2. The molecule has 0 aromatic carbocycles. The van der Waals surface area contributed by atoms with Gasteiger partial charge in [-0.25, -0.2) is 0 Å². The van der Waals surface area contributed by atoms with Gasteiger partial charge in [0.05, 0.1) is 0 Å². The number of hydrogen-bond acceptors (Lipinski definition) is 2. The summed E-state index contributed by atoms with van der Waals surface area (Å²) in [5, 5.41) is 0. The van der Waals surface area contributed by atoms with Gasteiger partial charge in [-0.2, -0.15) is 0 Å². The maximum atomic E-state index is 2.85. The highest BCUT2D eigenvalue weighted by atomic mass is 15.2. The van der Waals surface area contributed by atoms with Crippen molar-refractivity contribution in [2.45, 2.75) is 136 Å². The molecule has 0 aromatic rings. The molecule has 0 amide bonds. The predicted octanol–water partition coefficient (Wildman–Crippen LogP) is 7.91. The molecule has 0 aliphatic carbocycles. The third-order valence-electron chi connectivity index (χ3n) is 8.57. The number of nitrogens with zero attached hydrogens (tertiary/aromatic N) is 2. The lowest BCUT2D eigenvalue weighted by Crippen LogP contribution is -2.49. The standard InChI is InChI=1S/C28H56N2/c1-5-8-11-13-16-27(15-10-7-3)25-29-21-17-28(18-22-29)19-23-30(24-20-28)26(4)14-12-9-6-2/h26-27H,5-25H2,1-4H3. The summed E-state index contributed by atoms with van der Waals surface area (Å²) in [4.78, 5) is 5.66. The zero-order valence-electron chi connectivity index (χ0n) is 21.4. The van der Waals surface area contributed by atoms with E-state index in [1.165, 1.54) is 135 Å². The molecule has 2 aliphatic rings. The van der Waals surface area contributed by atoms with Gasteiger partial charge >= 0.3 is 0 Å². The van der Waals surface area contributed by atoms with Crippen LogP contribution in [0.5, 0.6) is 0 Å². The van der Waals surface area contributed by atoms with E-state index in [2.05, 4.69) is 37.5 Å². The highest BCUT2D eigenvalue weighted by molar-refractivity contribution is 4.92. The Morgan fingerprint density at radius 1 is 0.633 bits per heavy atom. The van der Waals surface area contributed by atoms with E-state index in [4.69, 9.17) is 0 Å². The molecule has 2 rings (SSSR count). The monoisotopic (exact) mass is 420 g/mol. The highest BCUT2D eigenvalue weighted by Gasteiger charge is 2.38. The van der Waals surface area contributed by atoms with Gasteiger partial charge in [0.15, 0.2) is 0 Å². The van der Waals surface area contributed by atoms with Gasteiger partial charge in [-0.3, -0.25) is 0 Å². The van der Waals surface area contributed by atoms with E-state index in [1.807, 2.05) is 0 Å². The summed E-state index contributed by atoms with van der Waals surface area (Å²) in [5.41, 5.74) is 0.691. The molecule has 2 atom stereocenters. The van der Waals surface area contributed by atoms with E-state index in [9.17, 15) is 0 Å². The van der Waals surface area contributed by atoms with Crippen molar-refractivity contribution in [2.75, 3.05) is 32.7 Å². The molecule has 0 radical (unpaired) electrons. The van der Waals surface area contributed by atoms with Crippen LogP contribution in [0, 0.1) is 11.3 Å². The number of hydrogen-bond donors (Lipinski definition) is 0. The van der Waals surface area contributed by atoms with Crippen molar-refractivity contribution in [2.24, 2.45) is 11.3 Å². The molecule has 2 heterocycles. The Bertz CT molecular complexity index is 403. The molecule has 0 N–H and O–H groups in total. The van der Waals surface area contributed by atoms with E-state index >= 15 is 0 Å². The molecular formula is C28H56N2. The lowest BCUT2D eigenvalue weighted by Gasteiger charge is -2.48. The fourth-order valence-electron chi connectivity index (χ4n) is 6.07. The number of unbranched alkanes of at least 4 members (excludes halogenated alkanes) is 6. The normalized spacial score (nSPS) is 22.4. The molecule has 2 saturated heterocycles. The van der Waals surface area contributed by atoms with Crippen molar-refractivity contribution < 1.29 is 0 Å². The molecule has 0 saturated carbocycles. The summed E-state index contributed by atoms with van der Waals surface area (Å²) >= 11 is 0. The van der Waals surface area contributed by atoms with Gasteiger partial charge in [0.2, 0.25) is 0 Å². The maximum Gasteiger partial charge on any atom is 0.00669 e. The van der Waals surface area contributed by atoms with E-state index in [0.717, 1.165) is 12.0 Å². The Hall–Kier alpha value is -0.0800. The van der Waals surface area contributed by atoms with Gasteiger partial charge in [-0.15, -0.1) is 0 Å². The van der Waals surface area contributed by atoms with Crippen LogP contribution in [0.15, 0.2) is 0 Å². The van der Waals surface area contributed by atoms with Gasteiger partial charge in [-0.05, 0) is 89.4 Å². The molecule has 1 spiro atoms. The first-order valence-electron chi connectivity index (χ1n) is 14.1. The fraction of sp³-hybridized carbons (Fsp3) is 1.00. The second kappa shape index (κ2) is 14.9. The molecule has 2 nitrogen and oxygen atoms in total. The predicted molar refractivity (Wildman–Crippen MR) is 134 cm³/mol. The van der Waals surface area contributed by atoms with Crippen LogP contribution in [-0.4, -0.2) is 48.6 Å². The molecule has 2 unspecified atom stereocenters. The topological polar surface area (TPSA) is 6.48 Å². The van der Waals surface area contributed by atoms with Gasteiger partial charge in [-0.1, -0.05) is 78.6 Å². The Labute approximate surface area is 190 Å². The lowest BCUT2D eigenvalue weighted by molar-refractivity contribution is 0.0163. The zero-order chi connectivity index (χ0) is 21.7. The molecule has 0 aromatic heterocycles. The van der Waals surface area contributed by atoms with E-state index < -0.39 is 0 Å². The molecule has 178 valence electrons. The third kappa shape index (κ3) is 9.19. The second-order valence-electron chi connectivity index (χ2n) is 11.0. The summed E-state index contributed by atoms with van der Waals surface area (Å²) < 4.78 is 0. The molecule has 2 fully saturated rings. The Morgan fingerprint density at radius 3 is 1.80 bits per heavy atom. The van der Waals surface area contributed by atoms with Crippen LogP contribution < -0.4 is 0 Å². The minimum atomic E-state index is 0.691. The van der Waals surface area contributed by atoms with E-state index in [-0.39, 0.29) is 0 Å². The van der Waals surface area contributed by atoms with Crippen LogP contribution in [0.2, 0.25) is 0 Å². The van der Waals surface area contributed by atoms with Crippen LogP contribution in [-0.2, 0) is 0 Å². The first-order valence-corrected chi connectivity index (χ1v) is 14.1. The molecule has 2 heteroatoms. The highest BCUT2D eigenvalue weighted by Crippen LogP contribution is 2.42. The Balaban J connectivity index is 1.70. The molecule has 2 aliphatic heterocycles. The van der Waals surface area contributed by atoms with Crippen molar-refractivity contribution >= 4 is 0 Å². The fourth-order valence-corrected chi connectivity index (χ4v) is 6.07. The van der Waals surface area contributed by atoms with Crippen LogP contribution in [0.25, 0.3) is 0 Å². The third-order valence-corrected chi connectivity index (χ3v) is 8.57. The second-order valence-corrected chi connectivity index (χ2v) is 11.0. The van der Waals surface area contributed by atoms with Crippen molar-refractivity contribution in [1.82, 2.24) is 9.80 Å². The summed E-state index contributed by atoms with van der Waals surface area (Å²) in [6.07, 6.45) is 22.9. The molecule has 30 heavy (non-hydrogen) atoms. The van der Waals surface area contributed by atoms with Crippen molar-refractivity contribution in [3.05, 3.63) is 0 Å². The van der Waals surface area contributed by atoms with Crippen molar-refractivity contribution in [3.63, 3.8) is 0 Å². The average molecular weight is 421 g/mol. The van der Waals surface area contributed by atoms with E-state index in [0.29, 0.717) is 5.41 Å². The quantitative estimate of drug-likeness (QED) is 0.248. The number of rotatable bonds is 15. The smallest absolute Gasteiger partial charge is 0.00669 e. The average Bonchev–Trinajstić information content (AvgIpc) is 2.77. The first kappa shape index (κ1) is 26.2. The van der Waals surface area contributed by atoms with Crippen LogP contribution in [0.4, 0.5) is 0 Å². The Kier molecular flexibility index (Phi) is 13.0. The first-order chi connectivity index (χ1) is 14.6. The SMILES string of the molecule is CCCCCCC(CCCC)CN1CCC2(CC1)CCN(C(C)CCCCC)CC2. The summed E-state index contributed by atoms with van der Waals surface area (Å²) in [6, 6.07) is 0.807. The number of likely N-dealkylation sites (tertiary alicyclic amines) is 2. The summed E-state index contributed by atoms with van der Waals surface area (Å²) in [6.45, 7) is 16.4. The zero-order valence-corrected chi connectivity index (χ0v) is 21.4. The van der Waals surface area contributed by atoms with Crippen molar-refractivity contribution in [1.29, 1.82) is 0 Å². The van der Waals surface area contributed by atoms with E-state index in [1.54, 1.807) is 0 Å². The van der Waals surface area contributed by atoms with Gasteiger partial charge in [0.1, 0.15) is 0 Å². The maximum absolute atomic E-state index is 2.85. The minimum Gasteiger partial charge on any atom is -0.303 e. The molecule has 0 bridgehead atoms.